The predicted octanol–water partition coefficient (Wildman–Crippen LogP) is -0.0312. The van der Waals surface area contributed by atoms with Crippen molar-refractivity contribution in [3.05, 3.63) is 48.4 Å². The van der Waals surface area contributed by atoms with Gasteiger partial charge in [-0.1, -0.05) is 0 Å². The number of carbonyl (C=O) groups is 1. The summed E-state index contributed by atoms with van der Waals surface area (Å²) in [6.07, 6.45) is 0.219. The van der Waals surface area contributed by atoms with Crippen LogP contribution in [0.2, 0.25) is 0 Å². The number of H-pyrrole nitrogens is 1. The molecule has 21 heavy (non-hydrogen) atoms. The molecule has 0 radical (unpaired) electrons. The van der Waals surface area contributed by atoms with Crippen LogP contribution in [0.1, 0.15) is 15.6 Å². The molecule has 0 saturated heterocycles. The van der Waals surface area contributed by atoms with Gasteiger partial charge >= 0.3 is 0 Å². The van der Waals surface area contributed by atoms with E-state index in [1.807, 2.05) is 13.8 Å². The SMILES string of the molecule is Cc1nc(CC(=O)NCCn2[nH]c(=O)ccc2=O)c(C)s1. The van der Waals surface area contributed by atoms with Crippen molar-refractivity contribution in [3.63, 3.8) is 0 Å². The Hall–Kier alpha value is -2.22. The summed E-state index contributed by atoms with van der Waals surface area (Å²) in [7, 11) is 0. The van der Waals surface area contributed by atoms with E-state index in [1.54, 1.807) is 11.3 Å². The molecule has 0 aliphatic heterocycles. The van der Waals surface area contributed by atoms with E-state index in [0.717, 1.165) is 15.6 Å². The van der Waals surface area contributed by atoms with Gasteiger partial charge in [0.25, 0.3) is 11.1 Å². The van der Waals surface area contributed by atoms with Gasteiger partial charge in [-0.15, -0.1) is 11.3 Å². The molecule has 0 fully saturated rings. The average molecular weight is 308 g/mol. The highest BCUT2D eigenvalue weighted by molar-refractivity contribution is 7.11. The number of aromatic amines is 1. The van der Waals surface area contributed by atoms with E-state index in [4.69, 9.17) is 0 Å². The number of nitrogens with zero attached hydrogens (tertiary/aromatic N) is 2. The molecule has 7 nitrogen and oxygen atoms in total. The van der Waals surface area contributed by atoms with Crippen molar-refractivity contribution in [1.82, 2.24) is 20.1 Å². The zero-order valence-electron chi connectivity index (χ0n) is 11.8. The van der Waals surface area contributed by atoms with E-state index >= 15 is 0 Å². The van der Waals surface area contributed by atoms with Gasteiger partial charge in [-0.05, 0) is 13.8 Å². The Morgan fingerprint density at radius 2 is 2.14 bits per heavy atom. The summed E-state index contributed by atoms with van der Waals surface area (Å²) in [5.41, 5.74) is 0.115. The highest BCUT2D eigenvalue weighted by atomic mass is 32.1. The smallest absolute Gasteiger partial charge is 0.265 e. The maximum absolute atomic E-state index is 11.8. The lowest BCUT2D eigenvalue weighted by Crippen LogP contribution is -2.34. The Balaban J connectivity index is 1.87. The Morgan fingerprint density at radius 3 is 2.81 bits per heavy atom. The summed E-state index contributed by atoms with van der Waals surface area (Å²) < 4.78 is 1.17. The molecule has 0 aliphatic rings. The van der Waals surface area contributed by atoms with E-state index in [2.05, 4.69) is 15.4 Å². The molecule has 0 aromatic carbocycles. The number of amides is 1. The third-order valence-corrected chi connectivity index (χ3v) is 3.80. The van der Waals surface area contributed by atoms with Gasteiger partial charge in [0.2, 0.25) is 5.91 Å². The molecule has 0 spiro atoms. The van der Waals surface area contributed by atoms with Crippen molar-refractivity contribution in [3.8, 4) is 0 Å². The summed E-state index contributed by atoms with van der Waals surface area (Å²) in [5.74, 6) is -0.158. The van der Waals surface area contributed by atoms with Gasteiger partial charge in [-0.25, -0.2) is 9.67 Å². The predicted molar refractivity (Wildman–Crippen MR) is 79.6 cm³/mol. The fourth-order valence-electron chi connectivity index (χ4n) is 1.89. The zero-order valence-corrected chi connectivity index (χ0v) is 12.6. The maximum atomic E-state index is 11.8. The quantitative estimate of drug-likeness (QED) is 0.810. The number of hydrogen-bond donors (Lipinski definition) is 2. The summed E-state index contributed by atoms with van der Waals surface area (Å²) in [6, 6.07) is 2.37. The topological polar surface area (TPSA) is 96.8 Å². The monoisotopic (exact) mass is 308 g/mol. The first-order chi connectivity index (χ1) is 9.95. The molecule has 0 unspecified atom stereocenters. The number of hydrogen-bond acceptors (Lipinski definition) is 5. The minimum atomic E-state index is -0.352. The number of thiazole rings is 1. The minimum Gasteiger partial charge on any atom is -0.354 e. The van der Waals surface area contributed by atoms with Crippen LogP contribution in [0, 0.1) is 13.8 Å². The number of carbonyl (C=O) groups excluding carboxylic acids is 1. The lowest BCUT2D eigenvalue weighted by molar-refractivity contribution is -0.120. The molecular weight excluding hydrogens is 292 g/mol. The van der Waals surface area contributed by atoms with Crippen LogP contribution in [-0.4, -0.2) is 27.2 Å². The summed E-state index contributed by atoms with van der Waals surface area (Å²) in [5, 5.41) is 6.04. The second-order valence-electron chi connectivity index (χ2n) is 4.56. The normalized spacial score (nSPS) is 10.6. The molecule has 2 N–H and O–H groups in total. The van der Waals surface area contributed by atoms with Crippen molar-refractivity contribution < 1.29 is 4.79 Å². The Bertz CT molecular complexity index is 759. The van der Waals surface area contributed by atoms with E-state index in [1.165, 1.54) is 16.8 Å². The molecule has 0 bridgehead atoms. The number of nitrogens with one attached hydrogen (secondary N) is 2. The van der Waals surface area contributed by atoms with Crippen LogP contribution in [0.25, 0.3) is 0 Å². The molecule has 8 heteroatoms. The van der Waals surface area contributed by atoms with Crippen LogP contribution in [0.5, 0.6) is 0 Å². The lowest BCUT2D eigenvalue weighted by Gasteiger charge is -2.06. The first kappa shape index (κ1) is 15.2. The Labute approximate surface area is 124 Å². The molecule has 0 saturated carbocycles. The Kier molecular flexibility index (Phi) is 4.69. The molecule has 0 atom stereocenters. The van der Waals surface area contributed by atoms with Crippen molar-refractivity contribution in [2.75, 3.05) is 6.54 Å². The molecule has 0 aliphatic carbocycles. The van der Waals surface area contributed by atoms with Gasteiger partial charge in [-0.2, -0.15) is 0 Å². The molecule has 2 heterocycles. The first-order valence-electron chi connectivity index (χ1n) is 6.45. The number of aromatic nitrogens is 3. The third-order valence-electron chi connectivity index (χ3n) is 2.87. The second kappa shape index (κ2) is 6.49. The Morgan fingerprint density at radius 1 is 1.38 bits per heavy atom. The zero-order chi connectivity index (χ0) is 15.4. The second-order valence-corrected chi connectivity index (χ2v) is 5.97. The number of aryl methyl sites for hydroxylation is 2. The van der Waals surface area contributed by atoms with Crippen molar-refractivity contribution in [1.29, 1.82) is 0 Å². The van der Waals surface area contributed by atoms with E-state index < -0.39 is 0 Å². The van der Waals surface area contributed by atoms with Crippen LogP contribution in [0.3, 0.4) is 0 Å². The van der Waals surface area contributed by atoms with Crippen LogP contribution in [-0.2, 0) is 17.8 Å². The average Bonchev–Trinajstić information content (AvgIpc) is 2.72. The van der Waals surface area contributed by atoms with Gasteiger partial charge in [-0.3, -0.25) is 19.5 Å². The van der Waals surface area contributed by atoms with Gasteiger partial charge in [0, 0.05) is 23.6 Å². The van der Waals surface area contributed by atoms with E-state index in [-0.39, 0.29) is 36.5 Å². The van der Waals surface area contributed by atoms with Crippen LogP contribution in [0.15, 0.2) is 21.7 Å². The summed E-state index contributed by atoms with van der Waals surface area (Å²) in [4.78, 5) is 39.7. The highest BCUT2D eigenvalue weighted by Gasteiger charge is 2.10. The van der Waals surface area contributed by atoms with Crippen LogP contribution < -0.4 is 16.4 Å². The molecule has 2 rings (SSSR count). The third kappa shape index (κ3) is 4.12. The minimum absolute atomic E-state index is 0.158. The van der Waals surface area contributed by atoms with Gasteiger partial charge in [0.15, 0.2) is 0 Å². The highest BCUT2D eigenvalue weighted by Crippen LogP contribution is 2.16. The first-order valence-corrected chi connectivity index (χ1v) is 7.27. The largest absolute Gasteiger partial charge is 0.354 e. The van der Waals surface area contributed by atoms with Gasteiger partial charge < -0.3 is 5.32 Å². The standard InChI is InChI=1S/C13H16N4O3S/c1-8-10(15-9(2)21-8)7-12(19)14-5-6-17-13(20)4-3-11(18)16-17/h3-4H,5-7H2,1-2H3,(H,14,19)(H,16,18). The molecule has 2 aromatic heterocycles. The van der Waals surface area contributed by atoms with Crippen LogP contribution >= 0.6 is 11.3 Å². The summed E-state index contributed by atoms with van der Waals surface area (Å²) >= 11 is 1.56. The fourth-order valence-corrected chi connectivity index (χ4v) is 2.72. The number of rotatable bonds is 5. The van der Waals surface area contributed by atoms with Crippen LogP contribution in [0.4, 0.5) is 0 Å². The molecular formula is C13H16N4O3S. The molecule has 1 amide bonds. The van der Waals surface area contributed by atoms with Crippen molar-refractivity contribution in [2.45, 2.75) is 26.8 Å². The maximum Gasteiger partial charge on any atom is 0.265 e. The molecule has 112 valence electrons. The lowest BCUT2D eigenvalue weighted by atomic mass is 10.2. The van der Waals surface area contributed by atoms with Gasteiger partial charge in [0.05, 0.1) is 23.7 Å². The van der Waals surface area contributed by atoms with E-state index in [0.29, 0.717) is 0 Å². The summed E-state index contributed by atoms with van der Waals surface area (Å²) in [6.45, 7) is 4.31. The van der Waals surface area contributed by atoms with Gasteiger partial charge in [0.1, 0.15) is 0 Å². The van der Waals surface area contributed by atoms with Crippen molar-refractivity contribution >= 4 is 17.2 Å². The fraction of sp³-hybridized carbons (Fsp3) is 0.385. The molecule has 2 aromatic rings. The van der Waals surface area contributed by atoms with E-state index in [9.17, 15) is 14.4 Å². The van der Waals surface area contributed by atoms with Crippen molar-refractivity contribution in [2.24, 2.45) is 0 Å².